The minimum absolute atomic E-state index is 0.0577. The van der Waals surface area contributed by atoms with Gasteiger partial charge in [0.25, 0.3) is 0 Å². The first-order valence-corrected chi connectivity index (χ1v) is 8.88. The summed E-state index contributed by atoms with van der Waals surface area (Å²) in [6, 6.07) is 21.2. The van der Waals surface area contributed by atoms with Crippen LogP contribution in [0.1, 0.15) is 5.56 Å². The number of ether oxygens (including phenoxy) is 1. The fraction of sp³-hybridized carbons (Fsp3) is 0.182. The van der Waals surface area contributed by atoms with E-state index in [1.54, 1.807) is 36.4 Å². The van der Waals surface area contributed by atoms with E-state index in [-0.39, 0.29) is 12.2 Å². The molecule has 0 aromatic heterocycles. The number of anilines is 1. The molecule has 0 fully saturated rings. The maximum Gasteiger partial charge on any atom is 0.416 e. The first-order chi connectivity index (χ1) is 13.8. The van der Waals surface area contributed by atoms with Gasteiger partial charge in [-0.25, -0.2) is 4.39 Å². The zero-order valence-corrected chi connectivity index (χ0v) is 15.3. The molecule has 0 saturated carbocycles. The molecule has 0 saturated heterocycles. The summed E-state index contributed by atoms with van der Waals surface area (Å²) in [6.45, 7) is -0.655. The van der Waals surface area contributed by atoms with Crippen LogP contribution in [0.4, 0.5) is 23.2 Å². The quantitative estimate of drug-likeness (QED) is 0.524. The summed E-state index contributed by atoms with van der Waals surface area (Å²) in [7, 11) is 0. The molecule has 1 N–H and O–H groups in total. The third-order valence-electron chi connectivity index (χ3n) is 4.22. The Hall–Kier alpha value is -3.06. The van der Waals surface area contributed by atoms with Crippen LogP contribution in [0.25, 0.3) is 0 Å². The Kier molecular flexibility index (Phi) is 6.39. The Morgan fingerprint density at radius 3 is 2.14 bits per heavy atom. The van der Waals surface area contributed by atoms with Gasteiger partial charge in [-0.15, -0.1) is 0 Å². The summed E-state index contributed by atoms with van der Waals surface area (Å²) < 4.78 is 57.8. The van der Waals surface area contributed by atoms with Crippen molar-refractivity contribution in [3.63, 3.8) is 0 Å². The van der Waals surface area contributed by atoms with Gasteiger partial charge >= 0.3 is 6.18 Å². The second-order valence-electron chi connectivity index (χ2n) is 6.48. The van der Waals surface area contributed by atoms with E-state index in [2.05, 4.69) is 0 Å². The summed E-state index contributed by atoms with van der Waals surface area (Å²) >= 11 is 0. The van der Waals surface area contributed by atoms with Gasteiger partial charge in [0, 0.05) is 12.2 Å². The number of nitrogens with zero attached hydrogens (tertiary/aromatic N) is 1. The summed E-state index contributed by atoms with van der Waals surface area (Å²) in [6.07, 6.45) is -7.31. The van der Waals surface area contributed by atoms with Gasteiger partial charge in [-0.2, -0.15) is 13.2 Å². The van der Waals surface area contributed by atoms with Crippen LogP contribution in [0.3, 0.4) is 0 Å². The maximum atomic E-state index is 13.6. The Balaban J connectivity index is 1.76. The van der Waals surface area contributed by atoms with Crippen LogP contribution in [0.15, 0.2) is 78.9 Å². The lowest BCUT2D eigenvalue weighted by molar-refractivity contribution is -0.200. The predicted octanol–water partition coefficient (Wildman–Crippen LogP) is 5.55. The SMILES string of the molecule is OC(CN(Cc1ccc(Oc2ccccc2)cc1)c1cccc(F)c1)C(F)(F)F. The van der Waals surface area contributed by atoms with Gasteiger partial charge < -0.3 is 14.7 Å². The van der Waals surface area contributed by atoms with Gasteiger partial charge in [-0.3, -0.25) is 0 Å². The van der Waals surface area contributed by atoms with Gasteiger partial charge in [-0.1, -0.05) is 36.4 Å². The molecule has 0 aliphatic heterocycles. The standard InChI is InChI=1S/C22H19F4NO2/c23-17-5-4-6-18(13-17)27(15-21(28)22(24,25)26)14-16-9-11-20(12-10-16)29-19-7-2-1-3-8-19/h1-13,21,28H,14-15H2. The van der Waals surface area contributed by atoms with Gasteiger partial charge in [0.1, 0.15) is 17.3 Å². The van der Waals surface area contributed by atoms with Gasteiger partial charge in [0.2, 0.25) is 0 Å². The fourth-order valence-electron chi connectivity index (χ4n) is 2.75. The normalized spacial score (nSPS) is 12.4. The molecule has 1 unspecified atom stereocenters. The molecule has 1 atom stereocenters. The molecule has 0 heterocycles. The molecule has 7 heteroatoms. The highest BCUT2D eigenvalue weighted by atomic mass is 19.4. The number of hydrogen-bond acceptors (Lipinski definition) is 3. The fourth-order valence-corrected chi connectivity index (χ4v) is 2.75. The second-order valence-corrected chi connectivity index (χ2v) is 6.48. The van der Waals surface area contributed by atoms with E-state index in [1.165, 1.54) is 23.1 Å². The summed E-state index contributed by atoms with van der Waals surface area (Å²) in [4.78, 5) is 1.29. The number of alkyl halides is 3. The smallest absolute Gasteiger partial charge is 0.416 e. The van der Waals surface area contributed by atoms with E-state index in [4.69, 9.17) is 4.74 Å². The van der Waals surface area contributed by atoms with E-state index < -0.39 is 24.6 Å². The molecular weight excluding hydrogens is 386 g/mol. The van der Waals surface area contributed by atoms with Crippen LogP contribution < -0.4 is 9.64 Å². The molecule has 152 valence electrons. The highest BCUT2D eigenvalue weighted by Crippen LogP contribution is 2.26. The van der Waals surface area contributed by atoms with Crippen molar-refractivity contribution in [2.45, 2.75) is 18.8 Å². The molecule has 0 spiro atoms. The number of benzene rings is 3. The molecule has 0 aliphatic rings. The highest BCUT2D eigenvalue weighted by Gasteiger charge is 2.39. The lowest BCUT2D eigenvalue weighted by Gasteiger charge is -2.28. The van der Waals surface area contributed by atoms with Gasteiger partial charge in [-0.05, 0) is 48.0 Å². The summed E-state index contributed by atoms with van der Waals surface area (Å²) in [5, 5.41) is 9.49. The van der Waals surface area contributed by atoms with E-state index in [0.29, 0.717) is 17.1 Å². The highest BCUT2D eigenvalue weighted by molar-refractivity contribution is 5.47. The second kappa shape index (κ2) is 8.96. The largest absolute Gasteiger partial charge is 0.457 e. The molecule has 0 amide bonds. The Morgan fingerprint density at radius 1 is 0.862 bits per heavy atom. The average molecular weight is 405 g/mol. The van der Waals surface area contributed by atoms with E-state index >= 15 is 0 Å². The lowest BCUT2D eigenvalue weighted by Crippen LogP contribution is -2.40. The van der Waals surface area contributed by atoms with Crippen LogP contribution in [0.2, 0.25) is 0 Å². The van der Waals surface area contributed by atoms with E-state index in [1.807, 2.05) is 18.2 Å². The molecule has 3 nitrogen and oxygen atoms in total. The number of aliphatic hydroxyl groups is 1. The van der Waals surface area contributed by atoms with Gasteiger partial charge in [0.15, 0.2) is 6.10 Å². The van der Waals surface area contributed by atoms with Crippen LogP contribution in [0.5, 0.6) is 11.5 Å². The maximum absolute atomic E-state index is 13.6. The van der Waals surface area contributed by atoms with Crippen molar-refractivity contribution < 1.29 is 27.4 Å². The van der Waals surface area contributed by atoms with Crippen molar-refractivity contribution in [3.8, 4) is 11.5 Å². The first-order valence-electron chi connectivity index (χ1n) is 8.88. The minimum atomic E-state index is -4.76. The molecule has 0 bridgehead atoms. The topological polar surface area (TPSA) is 32.7 Å². The van der Waals surface area contributed by atoms with Crippen molar-refractivity contribution in [3.05, 3.63) is 90.2 Å². The van der Waals surface area contributed by atoms with Crippen molar-refractivity contribution >= 4 is 5.69 Å². The zero-order valence-electron chi connectivity index (χ0n) is 15.3. The van der Waals surface area contributed by atoms with Crippen molar-refractivity contribution in [1.82, 2.24) is 0 Å². The summed E-state index contributed by atoms with van der Waals surface area (Å²) in [5.74, 6) is 0.670. The number of halogens is 4. The van der Waals surface area contributed by atoms with Crippen molar-refractivity contribution in [2.24, 2.45) is 0 Å². The summed E-state index contributed by atoms with van der Waals surface area (Å²) in [5.41, 5.74) is 0.932. The van der Waals surface area contributed by atoms with Gasteiger partial charge in [0.05, 0.1) is 6.54 Å². The Morgan fingerprint density at radius 2 is 1.52 bits per heavy atom. The predicted molar refractivity (Wildman–Crippen MR) is 102 cm³/mol. The number of rotatable bonds is 7. The molecule has 3 aromatic carbocycles. The van der Waals surface area contributed by atoms with Crippen LogP contribution in [0, 0.1) is 5.82 Å². The Labute approximate surface area is 165 Å². The Bertz CT molecular complexity index is 914. The molecule has 3 aromatic rings. The number of hydrogen-bond donors (Lipinski definition) is 1. The molecular formula is C22H19F4NO2. The third-order valence-corrected chi connectivity index (χ3v) is 4.22. The van der Waals surface area contributed by atoms with Crippen LogP contribution in [-0.2, 0) is 6.54 Å². The number of para-hydroxylation sites is 1. The monoisotopic (exact) mass is 405 g/mol. The average Bonchev–Trinajstić information content (AvgIpc) is 2.69. The number of aliphatic hydroxyl groups excluding tert-OH is 1. The third kappa shape index (κ3) is 5.96. The zero-order chi connectivity index (χ0) is 20.9. The molecule has 3 rings (SSSR count). The molecule has 0 radical (unpaired) electrons. The van der Waals surface area contributed by atoms with Crippen LogP contribution in [-0.4, -0.2) is 23.9 Å². The van der Waals surface area contributed by atoms with Crippen molar-refractivity contribution in [2.75, 3.05) is 11.4 Å². The first kappa shape index (κ1) is 20.7. The molecule has 0 aliphatic carbocycles. The van der Waals surface area contributed by atoms with E-state index in [0.717, 1.165) is 6.07 Å². The van der Waals surface area contributed by atoms with Crippen molar-refractivity contribution in [1.29, 1.82) is 0 Å². The molecule has 29 heavy (non-hydrogen) atoms. The lowest BCUT2D eigenvalue weighted by atomic mass is 10.1. The minimum Gasteiger partial charge on any atom is -0.457 e. The van der Waals surface area contributed by atoms with E-state index in [9.17, 15) is 22.7 Å². The van der Waals surface area contributed by atoms with Crippen LogP contribution >= 0.6 is 0 Å².